The van der Waals surface area contributed by atoms with Crippen LogP contribution in [-0.4, -0.2) is 18.0 Å². The summed E-state index contributed by atoms with van der Waals surface area (Å²) >= 11 is 1.35. The molecule has 17 heavy (non-hydrogen) atoms. The van der Waals surface area contributed by atoms with Gasteiger partial charge in [-0.3, -0.25) is 10.1 Å². The molecule has 0 aliphatic carbocycles. The van der Waals surface area contributed by atoms with Crippen molar-refractivity contribution < 1.29 is 9.53 Å². The Kier molecular flexibility index (Phi) is 3.24. The van der Waals surface area contributed by atoms with Crippen LogP contribution in [0.3, 0.4) is 0 Å². The van der Waals surface area contributed by atoms with Crippen molar-refractivity contribution in [1.82, 2.24) is 4.98 Å². The number of nitrogens with two attached hydrogens (primary N) is 1. The monoisotopic (exact) mass is 249 g/mol. The summed E-state index contributed by atoms with van der Waals surface area (Å²) in [5, 5.41) is 5.01. The quantitative estimate of drug-likeness (QED) is 0.815. The summed E-state index contributed by atoms with van der Waals surface area (Å²) in [5.41, 5.74) is 6.60. The van der Waals surface area contributed by atoms with Crippen LogP contribution >= 0.6 is 11.3 Å². The molecule has 0 aliphatic heterocycles. The number of aromatic nitrogens is 1. The Bertz CT molecular complexity index is 526. The van der Waals surface area contributed by atoms with Crippen LogP contribution in [0.25, 0.3) is 0 Å². The molecule has 0 atom stereocenters. The maximum Gasteiger partial charge on any atom is 0.257 e. The normalized spacial score (nSPS) is 9.94. The maximum atomic E-state index is 11.9. The fourth-order valence-corrected chi connectivity index (χ4v) is 1.85. The highest BCUT2D eigenvalue weighted by Gasteiger charge is 2.09. The molecule has 1 aromatic carbocycles. The molecule has 88 valence electrons. The molecule has 0 saturated heterocycles. The number of amides is 1. The molecular weight excluding hydrogens is 238 g/mol. The average molecular weight is 249 g/mol. The van der Waals surface area contributed by atoms with Crippen LogP contribution in [0.2, 0.25) is 0 Å². The number of benzene rings is 1. The van der Waals surface area contributed by atoms with Crippen LogP contribution in [0.5, 0.6) is 5.75 Å². The SMILES string of the molecule is COc1cc(N)cc(C(=O)Nc2nccs2)c1. The van der Waals surface area contributed by atoms with Crippen molar-refractivity contribution >= 4 is 28.1 Å². The van der Waals surface area contributed by atoms with Gasteiger partial charge in [-0.2, -0.15) is 0 Å². The number of carbonyl (C=O) groups excluding carboxylic acids is 1. The molecule has 0 radical (unpaired) electrons. The predicted octanol–water partition coefficient (Wildman–Crippen LogP) is 1.99. The largest absolute Gasteiger partial charge is 0.497 e. The Labute approximate surface area is 102 Å². The number of nitrogens with zero attached hydrogens (tertiary/aromatic N) is 1. The van der Waals surface area contributed by atoms with Gasteiger partial charge in [-0.25, -0.2) is 4.98 Å². The van der Waals surface area contributed by atoms with Gasteiger partial charge in [-0.15, -0.1) is 11.3 Å². The van der Waals surface area contributed by atoms with E-state index in [1.165, 1.54) is 18.4 Å². The number of anilines is 2. The summed E-state index contributed by atoms with van der Waals surface area (Å²) in [4.78, 5) is 15.8. The van der Waals surface area contributed by atoms with Crippen LogP contribution in [0.15, 0.2) is 29.8 Å². The lowest BCUT2D eigenvalue weighted by molar-refractivity contribution is 0.102. The molecule has 0 spiro atoms. The van der Waals surface area contributed by atoms with Gasteiger partial charge in [0, 0.05) is 28.9 Å². The fraction of sp³-hybridized carbons (Fsp3) is 0.0909. The van der Waals surface area contributed by atoms with Crippen LogP contribution < -0.4 is 15.8 Å². The summed E-state index contributed by atoms with van der Waals surface area (Å²) in [5.74, 6) is 0.292. The summed E-state index contributed by atoms with van der Waals surface area (Å²) < 4.78 is 5.05. The van der Waals surface area contributed by atoms with Gasteiger partial charge in [0.1, 0.15) is 5.75 Å². The number of ether oxygens (including phenoxy) is 1. The first kappa shape index (κ1) is 11.4. The number of nitrogens with one attached hydrogen (secondary N) is 1. The first-order chi connectivity index (χ1) is 8.19. The Balaban J connectivity index is 2.21. The van der Waals surface area contributed by atoms with Gasteiger partial charge in [0.05, 0.1) is 7.11 Å². The smallest absolute Gasteiger partial charge is 0.257 e. The van der Waals surface area contributed by atoms with Crippen molar-refractivity contribution in [1.29, 1.82) is 0 Å². The molecular formula is C11H11N3O2S. The predicted molar refractivity (Wildman–Crippen MR) is 67.5 cm³/mol. The second-order valence-electron chi connectivity index (χ2n) is 3.29. The Hall–Kier alpha value is -2.08. The molecule has 0 unspecified atom stereocenters. The topological polar surface area (TPSA) is 77.2 Å². The van der Waals surface area contributed by atoms with Gasteiger partial charge in [0.15, 0.2) is 5.13 Å². The Morgan fingerprint density at radius 1 is 1.47 bits per heavy atom. The summed E-state index contributed by atoms with van der Waals surface area (Å²) in [6.45, 7) is 0. The van der Waals surface area contributed by atoms with E-state index in [0.29, 0.717) is 22.1 Å². The highest BCUT2D eigenvalue weighted by molar-refractivity contribution is 7.13. The third-order valence-electron chi connectivity index (χ3n) is 2.08. The van der Waals surface area contributed by atoms with Gasteiger partial charge in [-0.05, 0) is 12.1 Å². The Morgan fingerprint density at radius 2 is 2.29 bits per heavy atom. The molecule has 0 saturated carbocycles. The van der Waals surface area contributed by atoms with E-state index in [-0.39, 0.29) is 5.91 Å². The zero-order valence-corrected chi connectivity index (χ0v) is 9.95. The lowest BCUT2D eigenvalue weighted by Gasteiger charge is -2.06. The third-order valence-corrected chi connectivity index (χ3v) is 2.77. The van der Waals surface area contributed by atoms with Gasteiger partial charge in [0.25, 0.3) is 5.91 Å². The van der Waals surface area contributed by atoms with Gasteiger partial charge < -0.3 is 10.5 Å². The molecule has 1 aromatic heterocycles. The molecule has 1 amide bonds. The second-order valence-corrected chi connectivity index (χ2v) is 4.18. The van der Waals surface area contributed by atoms with Crippen molar-refractivity contribution in [3.05, 3.63) is 35.3 Å². The van der Waals surface area contributed by atoms with Crippen LogP contribution in [0.1, 0.15) is 10.4 Å². The average Bonchev–Trinajstić information content (AvgIpc) is 2.81. The van der Waals surface area contributed by atoms with E-state index in [4.69, 9.17) is 10.5 Å². The first-order valence-corrected chi connectivity index (χ1v) is 5.72. The van der Waals surface area contributed by atoms with Gasteiger partial charge in [-0.1, -0.05) is 0 Å². The molecule has 0 bridgehead atoms. The van der Waals surface area contributed by atoms with Crippen molar-refractivity contribution in [3.8, 4) is 5.75 Å². The number of hydrogen-bond acceptors (Lipinski definition) is 5. The zero-order chi connectivity index (χ0) is 12.3. The van der Waals surface area contributed by atoms with Crippen LogP contribution in [-0.2, 0) is 0 Å². The van der Waals surface area contributed by atoms with Crippen LogP contribution in [0.4, 0.5) is 10.8 Å². The highest BCUT2D eigenvalue weighted by Crippen LogP contribution is 2.20. The van der Waals surface area contributed by atoms with E-state index >= 15 is 0 Å². The van der Waals surface area contributed by atoms with Crippen molar-refractivity contribution in [2.45, 2.75) is 0 Å². The zero-order valence-electron chi connectivity index (χ0n) is 9.14. The summed E-state index contributed by atoms with van der Waals surface area (Å²) in [6, 6.07) is 4.87. The van der Waals surface area contributed by atoms with Crippen molar-refractivity contribution in [2.24, 2.45) is 0 Å². The van der Waals surface area contributed by atoms with E-state index in [2.05, 4.69) is 10.3 Å². The molecule has 1 heterocycles. The highest BCUT2D eigenvalue weighted by atomic mass is 32.1. The number of carbonyl (C=O) groups is 1. The lowest BCUT2D eigenvalue weighted by Crippen LogP contribution is -2.12. The summed E-state index contributed by atoms with van der Waals surface area (Å²) in [6.07, 6.45) is 1.63. The molecule has 3 N–H and O–H groups in total. The maximum absolute atomic E-state index is 11.9. The molecule has 0 aliphatic rings. The summed E-state index contributed by atoms with van der Waals surface area (Å²) in [7, 11) is 1.53. The molecule has 0 fully saturated rings. The van der Waals surface area contributed by atoms with E-state index in [1.54, 1.807) is 29.8 Å². The van der Waals surface area contributed by atoms with Crippen molar-refractivity contribution in [3.63, 3.8) is 0 Å². The standard InChI is InChI=1S/C11H11N3O2S/c1-16-9-5-7(4-8(12)6-9)10(15)14-11-13-2-3-17-11/h2-6H,12H2,1H3,(H,13,14,15). The molecule has 2 rings (SSSR count). The number of nitrogen functional groups attached to an aromatic ring is 1. The van der Waals surface area contributed by atoms with E-state index in [9.17, 15) is 4.79 Å². The van der Waals surface area contributed by atoms with E-state index < -0.39 is 0 Å². The minimum absolute atomic E-state index is 0.259. The minimum atomic E-state index is -0.259. The molecule has 5 nitrogen and oxygen atoms in total. The number of rotatable bonds is 3. The molecule has 6 heteroatoms. The minimum Gasteiger partial charge on any atom is -0.497 e. The number of hydrogen-bond donors (Lipinski definition) is 2. The van der Waals surface area contributed by atoms with Gasteiger partial charge >= 0.3 is 0 Å². The number of methoxy groups -OCH3 is 1. The fourth-order valence-electron chi connectivity index (χ4n) is 1.33. The lowest BCUT2D eigenvalue weighted by atomic mass is 10.2. The second kappa shape index (κ2) is 4.84. The van der Waals surface area contributed by atoms with E-state index in [0.717, 1.165) is 0 Å². The van der Waals surface area contributed by atoms with Crippen LogP contribution in [0, 0.1) is 0 Å². The molecule has 2 aromatic rings. The Morgan fingerprint density at radius 3 is 2.94 bits per heavy atom. The third kappa shape index (κ3) is 2.73. The van der Waals surface area contributed by atoms with Gasteiger partial charge in [0.2, 0.25) is 0 Å². The van der Waals surface area contributed by atoms with E-state index in [1.807, 2.05) is 0 Å². The van der Waals surface area contributed by atoms with Crippen molar-refractivity contribution in [2.75, 3.05) is 18.2 Å². The first-order valence-electron chi connectivity index (χ1n) is 4.84. The number of thiazole rings is 1.